The molecule has 0 aliphatic heterocycles. The first-order chi connectivity index (χ1) is 8.33. The Kier molecular flexibility index (Phi) is 3.00. The fourth-order valence-electron chi connectivity index (χ4n) is 1.45. The fourth-order valence-corrected chi connectivity index (χ4v) is 3.84. The molecule has 0 radical (unpaired) electrons. The van der Waals surface area contributed by atoms with Gasteiger partial charge in [0.05, 0.1) is 5.39 Å². The molecule has 2 N–H and O–H groups in total. The summed E-state index contributed by atoms with van der Waals surface area (Å²) >= 11 is 4.92. The van der Waals surface area contributed by atoms with Crippen LogP contribution in [-0.2, 0) is 5.75 Å². The minimum atomic E-state index is 0.573. The van der Waals surface area contributed by atoms with Gasteiger partial charge in [0.2, 0.25) is 0 Å². The molecule has 0 amide bonds. The number of rotatable bonds is 3. The third kappa shape index (κ3) is 2.29. The molecule has 0 spiro atoms. The summed E-state index contributed by atoms with van der Waals surface area (Å²) in [6, 6.07) is 4.08. The van der Waals surface area contributed by atoms with Gasteiger partial charge < -0.3 is 5.73 Å². The van der Waals surface area contributed by atoms with Crippen molar-refractivity contribution in [3.63, 3.8) is 0 Å². The van der Waals surface area contributed by atoms with Gasteiger partial charge in [-0.2, -0.15) is 11.3 Å². The zero-order valence-corrected chi connectivity index (χ0v) is 11.2. The minimum absolute atomic E-state index is 0.573. The smallest absolute Gasteiger partial charge is 0.191 e. The van der Waals surface area contributed by atoms with Crippen molar-refractivity contribution >= 4 is 50.5 Å². The third-order valence-corrected chi connectivity index (χ3v) is 4.74. The van der Waals surface area contributed by atoms with Crippen LogP contribution >= 0.6 is 34.4 Å². The summed E-state index contributed by atoms with van der Waals surface area (Å²) in [5, 5.41) is 7.91. The number of thioether (sulfide) groups is 1. The summed E-state index contributed by atoms with van der Waals surface area (Å²) in [6.45, 7) is 0. The van der Waals surface area contributed by atoms with Crippen LogP contribution in [-0.4, -0.2) is 9.97 Å². The molecule has 0 aromatic carbocycles. The highest BCUT2D eigenvalue weighted by Crippen LogP contribution is 2.27. The summed E-state index contributed by atoms with van der Waals surface area (Å²) in [4.78, 5) is 9.77. The lowest BCUT2D eigenvalue weighted by Gasteiger charge is -2.01. The van der Waals surface area contributed by atoms with Gasteiger partial charge in [0, 0.05) is 5.75 Å². The number of anilines is 1. The van der Waals surface area contributed by atoms with Crippen LogP contribution in [0.2, 0.25) is 0 Å². The lowest BCUT2D eigenvalue weighted by atomic mass is 10.4. The first-order valence-electron chi connectivity index (χ1n) is 4.97. The number of thiophene rings is 2. The van der Waals surface area contributed by atoms with E-state index in [1.807, 2.05) is 11.4 Å². The van der Waals surface area contributed by atoms with Gasteiger partial charge in [0.15, 0.2) is 5.16 Å². The second-order valence-electron chi connectivity index (χ2n) is 3.45. The van der Waals surface area contributed by atoms with E-state index >= 15 is 0 Å². The van der Waals surface area contributed by atoms with Gasteiger partial charge >= 0.3 is 0 Å². The first-order valence-corrected chi connectivity index (χ1v) is 7.78. The van der Waals surface area contributed by atoms with E-state index in [4.69, 9.17) is 5.73 Å². The van der Waals surface area contributed by atoms with E-state index in [1.54, 1.807) is 34.4 Å². The second kappa shape index (κ2) is 4.64. The average Bonchev–Trinajstić information content (AvgIpc) is 2.97. The molecule has 0 unspecified atom stereocenters. The average molecular weight is 279 g/mol. The van der Waals surface area contributed by atoms with Gasteiger partial charge in [-0.25, -0.2) is 9.97 Å². The molecule has 6 heteroatoms. The number of nitrogens with two attached hydrogens (primary N) is 1. The van der Waals surface area contributed by atoms with Gasteiger partial charge in [-0.15, -0.1) is 11.3 Å². The zero-order chi connectivity index (χ0) is 11.7. The summed E-state index contributed by atoms with van der Waals surface area (Å²) in [6.07, 6.45) is 0. The van der Waals surface area contributed by atoms with E-state index in [2.05, 4.69) is 26.8 Å². The van der Waals surface area contributed by atoms with Crippen LogP contribution in [0.15, 0.2) is 33.4 Å². The highest BCUT2D eigenvalue weighted by Gasteiger charge is 2.07. The largest absolute Gasteiger partial charge is 0.383 e. The second-order valence-corrected chi connectivity index (χ2v) is 6.07. The molecular formula is C11H9N3S3. The van der Waals surface area contributed by atoms with Crippen molar-refractivity contribution in [1.82, 2.24) is 9.97 Å². The predicted octanol–water partition coefficient (Wildman–Crippen LogP) is 3.63. The monoisotopic (exact) mass is 279 g/mol. The molecule has 3 rings (SSSR count). The molecular weight excluding hydrogens is 270 g/mol. The lowest BCUT2D eigenvalue weighted by Crippen LogP contribution is -1.94. The molecule has 0 saturated heterocycles. The van der Waals surface area contributed by atoms with Crippen molar-refractivity contribution in [2.45, 2.75) is 10.9 Å². The summed E-state index contributed by atoms with van der Waals surface area (Å²) in [5.74, 6) is 1.46. The number of nitrogen functional groups attached to an aromatic ring is 1. The topological polar surface area (TPSA) is 51.8 Å². The molecule has 3 aromatic heterocycles. The number of hydrogen-bond donors (Lipinski definition) is 1. The van der Waals surface area contributed by atoms with Crippen molar-refractivity contribution in [3.05, 3.63) is 33.8 Å². The normalized spacial score (nSPS) is 11.1. The SMILES string of the molecule is Nc1nc(SCc2ccsc2)nc2sccc12. The number of aromatic nitrogens is 2. The molecule has 0 fully saturated rings. The Morgan fingerprint density at radius 1 is 1.24 bits per heavy atom. The van der Waals surface area contributed by atoms with E-state index in [0.29, 0.717) is 5.82 Å². The Morgan fingerprint density at radius 2 is 2.18 bits per heavy atom. The summed E-state index contributed by atoms with van der Waals surface area (Å²) in [7, 11) is 0. The molecule has 17 heavy (non-hydrogen) atoms. The van der Waals surface area contributed by atoms with Crippen molar-refractivity contribution in [3.8, 4) is 0 Å². The van der Waals surface area contributed by atoms with Crippen LogP contribution in [0.4, 0.5) is 5.82 Å². The molecule has 0 aliphatic rings. The van der Waals surface area contributed by atoms with Crippen LogP contribution < -0.4 is 5.73 Å². The van der Waals surface area contributed by atoms with Crippen LogP contribution in [0.25, 0.3) is 10.2 Å². The lowest BCUT2D eigenvalue weighted by molar-refractivity contribution is 1.02. The Balaban J connectivity index is 1.85. The van der Waals surface area contributed by atoms with E-state index in [-0.39, 0.29) is 0 Å². The van der Waals surface area contributed by atoms with Gasteiger partial charge in [-0.3, -0.25) is 0 Å². The van der Waals surface area contributed by atoms with Crippen molar-refractivity contribution in [1.29, 1.82) is 0 Å². The van der Waals surface area contributed by atoms with E-state index in [0.717, 1.165) is 21.1 Å². The Hall–Kier alpha value is -1.11. The van der Waals surface area contributed by atoms with Crippen LogP contribution in [0.1, 0.15) is 5.56 Å². The zero-order valence-electron chi connectivity index (χ0n) is 8.79. The first kappa shape index (κ1) is 11.0. The van der Waals surface area contributed by atoms with Crippen LogP contribution in [0, 0.1) is 0 Å². The molecule has 86 valence electrons. The van der Waals surface area contributed by atoms with Gasteiger partial charge in [-0.1, -0.05) is 11.8 Å². The number of hydrogen-bond acceptors (Lipinski definition) is 6. The quantitative estimate of drug-likeness (QED) is 0.587. The molecule has 0 bridgehead atoms. The highest BCUT2D eigenvalue weighted by molar-refractivity contribution is 7.98. The van der Waals surface area contributed by atoms with Crippen LogP contribution in [0.3, 0.4) is 0 Å². The molecule has 3 heterocycles. The van der Waals surface area contributed by atoms with Crippen molar-refractivity contribution in [2.24, 2.45) is 0 Å². The van der Waals surface area contributed by atoms with Gasteiger partial charge in [0.1, 0.15) is 10.6 Å². The van der Waals surface area contributed by atoms with E-state index in [9.17, 15) is 0 Å². The van der Waals surface area contributed by atoms with Crippen LogP contribution in [0.5, 0.6) is 0 Å². The molecule has 0 saturated carbocycles. The predicted molar refractivity (Wildman–Crippen MR) is 75.7 cm³/mol. The third-order valence-electron chi connectivity index (χ3n) is 2.28. The maximum atomic E-state index is 5.89. The van der Waals surface area contributed by atoms with Gasteiger partial charge in [-0.05, 0) is 33.8 Å². The Bertz CT molecular complexity index is 631. The maximum absolute atomic E-state index is 5.89. The maximum Gasteiger partial charge on any atom is 0.191 e. The number of nitrogens with zero attached hydrogens (tertiary/aromatic N) is 2. The molecule has 0 atom stereocenters. The minimum Gasteiger partial charge on any atom is -0.383 e. The van der Waals surface area contributed by atoms with E-state index < -0.39 is 0 Å². The molecule has 0 aliphatic carbocycles. The fraction of sp³-hybridized carbons (Fsp3) is 0.0909. The summed E-state index contributed by atoms with van der Waals surface area (Å²) in [5.41, 5.74) is 7.19. The molecule has 3 aromatic rings. The van der Waals surface area contributed by atoms with Crippen molar-refractivity contribution in [2.75, 3.05) is 5.73 Å². The summed E-state index contributed by atoms with van der Waals surface area (Å²) < 4.78 is 0. The Labute approximate surface area is 111 Å². The highest BCUT2D eigenvalue weighted by atomic mass is 32.2. The number of fused-ring (bicyclic) bond motifs is 1. The van der Waals surface area contributed by atoms with Gasteiger partial charge in [0.25, 0.3) is 0 Å². The Morgan fingerprint density at radius 3 is 3.00 bits per heavy atom. The van der Waals surface area contributed by atoms with E-state index in [1.165, 1.54) is 5.56 Å². The van der Waals surface area contributed by atoms with Crippen molar-refractivity contribution < 1.29 is 0 Å². The molecule has 3 nitrogen and oxygen atoms in total. The standard InChI is InChI=1S/C11H9N3S3/c12-9-8-2-4-16-10(8)14-11(13-9)17-6-7-1-3-15-5-7/h1-5H,6H2,(H2,12,13,14).